The van der Waals surface area contributed by atoms with Gasteiger partial charge in [-0.3, -0.25) is 24.1 Å². The highest BCUT2D eigenvalue weighted by atomic mass is 16.5. The Hall–Kier alpha value is -2.96. The van der Waals surface area contributed by atoms with Gasteiger partial charge in [-0.2, -0.15) is 0 Å². The normalized spacial score (nSPS) is 21.2. The molecule has 1 aromatic carbocycles. The van der Waals surface area contributed by atoms with E-state index in [-0.39, 0.29) is 23.7 Å². The van der Waals surface area contributed by atoms with Crippen LogP contribution < -0.4 is 5.32 Å². The van der Waals surface area contributed by atoms with Gasteiger partial charge in [0, 0.05) is 5.69 Å². The molecule has 0 bridgehead atoms. The third-order valence-corrected chi connectivity index (χ3v) is 5.04. The van der Waals surface area contributed by atoms with Gasteiger partial charge in [0.25, 0.3) is 5.91 Å². The van der Waals surface area contributed by atoms with Crippen LogP contribution >= 0.6 is 0 Å². The molecule has 3 amide bonds. The zero-order chi connectivity index (χ0) is 19.6. The molecule has 2 atom stereocenters. The SMILES string of the molecule is Cc1ccc(NC(=O)COC(=O)CN2C(=O)[C@H]3CC=CC[C@@H]3C2=O)cc1C. The van der Waals surface area contributed by atoms with E-state index in [9.17, 15) is 19.2 Å². The van der Waals surface area contributed by atoms with Crippen LogP contribution in [0.3, 0.4) is 0 Å². The monoisotopic (exact) mass is 370 g/mol. The molecular weight excluding hydrogens is 348 g/mol. The van der Waals surface area contributed by atoms with Crippen molar-refractivity contribution in [2.45, 2.75) is 26.7 Å². The molecule has 0 unspecified atom stereocenters. The van der Waals surface area contributed by atoms with Crippen molar-refractivity contribution in [3.63, 3.8) is 0 Å². The van der Waals surface area contributed by atoms with Crippen LogP contribution in [-0.4, -0.2) is 41.7 Å². The van der Waals surface area contributed by atoms with Crippen LogP contribution in [0.1, 0.15) is 24.0 Å². The Labute approximate surface area is 157 Å². The summed E-state index contributed by atoms with van der Waals surface area (Å²) < 4.78 is 4.93. The first-order valence-corrected chi connectivity index (χ1v) is 8.89. The summed E-state index contributed by atoms with van der Waals surface area (Å²) in [7, 11) is 0. The fraction of sp³-hybridized carbons (Fsp3) is 0.400. The average molecular weight is 370 g/mol. The molecule has 1 aromatic rings. The number of carbonyl (C=O) groups excluding carboxylic acids is 4. The summed E-state index contributed by atoms with van der Waals surface area (Å²) in [6.45, 7) is 2.97. The number of nitrogens with one attached hydrogen (secondary N) is 1. The number of anilines is 1. The highest BCUT2D eigenvalue weighted by Crippen LogP contribution is 2.34. The number of esters is 1. The van der Waals surface area contributed by atoms with E-state index in [1.165, 1.54) is 0 Å². The number of amides is 3. The van der Waals surface area contributed by atoms with Gasteiger partial charge in [0.1, 0.15) is 6.54 Å². The van der Waals surface area contributed by atoms with Gasteiger partial charge in [0.05, 0.1) is 11.8 Å². The van der Waals surface area contributed by atoms with Gasteiger partial charge >= 0.3 is 5.97 Å². The lowest BCUT2D eigenvalue weighted by atomic mass is 9.85. The number of hydrogen-bond donors (Lipinski definition) is 1. The summed E-state index contributed by atoms with van der Waals surface area (Å²) in [6.07, 6.45) is 4.79. The van der Waals surface area contributed by atoms with Gasteiger partial charge in [0.15, 0.2) is 6.61 Å². The van der Waals surface area contributed by atoms with Crippen LogP contribution in [0.5, 0.6) is 0 Å². The first-order chi connectivity index (χ1) is 12.9. The Morgan fingerprint density at radius 2 is 1.70 bits per heavy atom. The lowest BCUT2D eigenvalue weighted by Gasteiger charge is -2.14. The molecule has 1 heterocycles. The number of hydrogen-bond acceptors (Lipinski definition) is 5. The van der Waals surface area contributed by atoms with E-state index in [0.29, 0.717) is 18.5 Å². The number of carbonyl (C=O) groups is 4. The number of allylic oxidation sites excluding steroid dienone is 2. The van der Waals surface area contributed by atoms with Gasteiger partial charge < -0.3 is 10.1 Å². The summed E-state index contributed by atoms with van der Waals surface area (Å²) in [6, 6.07) is 5.47. The fourth-order valence-corrected chi connectivity index (χ4v) is 3.36. The molecule has 1 aliphatic carbocycles. The zero-order valence-electron chi connectivity index (χ0n) is 15.4. The topological polar surface area (TPSA) is 92.8 Å². The van der Waals surface area contributed by atoms with E-state index in [0.717, 1.165) is 16.0 Å². The second-order valence-electron chi connectivity index (χ2n) is 6.93. The Bertz CT molecular complexity index is 804. The molecule has 142 valence electrons. The van der Waals surface area contributed by atoms with Gasteiger partial charge in [-0.05, 0) is 49.9 Å². The summed E-state index contributed by atoms with van der Waals surface area (Å²) in [5.41, 5.74) is 2.75. The van der Waals surface area contributed by atoms with Gasteiger partial charge in [-0.15, -0.1) is 0 Å². The van der Waals surface area contributed by atoms with Crippen molar-refractivity contribution in [2.75, 3.05) is 18.5 Å². The molecule has 1 N–H and O–H groups in total. The Morgan fingerprint density at radius 1 is 1.07 bits per heavy atom. The predicted octanol–water partition coefficient (Wildman–Crippen LogP) is 1.74. The minimum absolute atomic E-state index is 0.342. The average Bonchev–Trinajstić information content (AvgIpc) is 2.88. The first-order valence-electron chi connectivity index (χ1n) is 8.89. The standard InChI is InChI=1S/C20H22N2O5/c1-12-7-8-14(9-13(12)2)21-17(23)11-27-18(24)10-22-19(25)15-5-3-4-6-16(15)20(22)26/h3-4,7-9,15-16H,5-6,10-11H2,1-2H3,(H,21,23)/t15-,16-/m0/s1. The smallest absolute Gasteiger partial charge is 0.326 e. The number of nitrogens with zero attached hydrogens (tertiary/aromatic N) is 1. The van der Waals surface area contributed by atoms with Crippen LogP contribution in [0.2, 0.25) is 0 Å². The predicted molar refractivity (Wildman–Crippen MR) is 97.6 cm³/mol. The quantitative estimate of drug-likeness (QED) is 0.484. The molecule has 2 aliphatic rings. The minimum Gasteiger partial charge on any atom is -0.454 e. The summed E-state index contributed by atoms with van der Waals surface area (Å²) >= 11 is 0. The second kappa shape index (κ2) is 7.73. The largest absolute Gasteiger partial charge is 0.454 e. The lowest BCUT2D eigenvalue weighted by molar-refractivity contribution is -0.154. The number of imide groups is 1. The Kier molecular flexibility index (Phi) is 5.39. The maximum atomic E-state index is 12.3. The molecule has 3 rings (SSSR count). The third kappa shape index (κ3) is 4.07. The van der Waals surface area contributed by atoms with Crippen LogP contribution in [0.4, 0.5) is 5.69 Å². The minimum atomic E-state index is -0.779. The van der Waals surface area contributed by atoms with E-state index in [1.807, 2.05) is 38.1 Å². The second-order valence-corrected chi connectivity index (χ2v) is 6.93. The van der Waals surface area contributed by atoms with Crippen LogP contribution in [-0.2, 0) is 23.9 Å². The van der Waals surface area contributed by atoms with Crippen LogP contribution in [0.15, 0.2) is 30.4 Å². The molecule has 1 saturated heterocycles. The molecule has 0 saturated carbocycles. The maximum absolute atomic E-state index is 12.3. The van der Waals surface area contributed by atoms with E-state index in [1.54, 1.807) is 6.07 Å². The van der Waals surface area contributed by atoms with Gasteiger partial charge in [-0.25, -0.2) is 0 Å². The number of benzene rings is 1. The van der Waals surface area contributed by atoms with E-state index < -0.39 is 25.0 Å². The lowest BCUT2D eigenvalue weighted by Crippen LogP contribution is -2.37. The third-order valence-electron chi connectivity index (χ3n) is 5.04. The number of fused-ring (bicyclic) bond motifs is 1. The van der Waals surface area contributed by atoms with E-state index >= 15 is 0 Å². The number of rotatable bonds is 5. The van der Waals surface area contributed by atoms with Crippen LogP contribution in [0, 0.1) is 25.7 Å². The molecule has 7 nitrogen and oxygen atoms in total. The zero-order valence-corrected chi connectivity index (χ0v) is 15.4. The molecule has 27 heavy (non-hydrogen) atoms. The van der Waals surface area contributed by atoms with Crippen molar-refractivity contribution < 1.29 is 23.9 Å². The molecular formula is C20H22N2O5. The molecule has 0 spiro atoms. The molecule has 7 heteroatoms. The maximum Gasteiger partial charge on any atom is 0.326 e. The van der Waals surface area contributed by atoms with Gasteiger partial charge in [0.2, 0.25) is 11.8 Å². The molecule has 1 aliphatic heterocycles. The molecule has 0 aromatic heterocycles. The number of likely N-dealkylation sites (tertiary alicyclic amines) is 1. The van der Waals surface area contributed by atoms with Gasteiger partial charge in [-0.1, -0.05) is 18.2 Å². The Morgan fingerprint density at radius 3 is 2.30 bits per heavy atom. The summed E-state index contributed by atoms with van der Waals surface area (Å²) in [4.78, 5) is 49.5. The Balaban J connectivity index is 1.49. The number of ether oxygens (including phenoxy) is 1. The van der Waals surface area contributed by atoms with E-state index in [4.69, 9.17) is 4.74 Å². The fourth-order valence-electron chi connectivity index (χ4n) is 3.36. The number of aryl methyl sites for hydroxylation is 2. The van der Waals surface area contributed by atoms with Crippen LogP contribution in [0.25, 0.3) is 0 Å². The van der Waals surface area contributed by atoms with E-state index in [2.05, 4.69) is 5.32 Å². The summed E-state index contributed by atoms with van der Waals surface area (Å²) in [5, 5.41) is 2.65. The van der Waals surface area contributed by atoms with Crippen molar-refractivity contribution in [2.24, 2.45) is 11.8 Å². The summed E-state index contributed by atoms with van der Waals surface area (Å²) in [5.74, 6) is -2.72. The van der Waals surface area contributed by atoms with Crippen molar-refractivity contribution >= 4 is 29.4 Å². The highest BCUT2D eigenvalue weighted by molar-refractivity contribution is 6.07. The molecule has 0 radical (unpaired) electrons. The molecule has 1 fully saturated rings. The van der Waals surface area contributed by atoms with Crippen molar-refractivity contribution in [1.29, 1.82) is 0 Å². The van der Waals surface area contributed by atoms with Crippen molar-refractivity contribution in [3.8, 4) is 0 Å². The first kappa shape index (κ1) is 18.8. The highest BCUT2D eigenvalue weighted by Gasteiger charge is 2.47. The van der Waals surface area contributed by atoms with Crippen molar-refractivity contribution in [1.82, 2.24) is 4.90 Å². The van der Waals surface area contributed by atoms with Crippen molar-refractivity contribution in [3.05, 3.63) is 41.5 Å².